The van der Waals surface area contributed by atoms with Crippen LogP contribution in [-0.2, 0) is 0 Å². The zero-order valence-corrected chi connectivity index (χ0v) is 11.1. The van der Waals surface area contributed by atoms with E-state index in [4.69, 9.17) is 0 Å². The summed E-state index contributed by atoms with van der Waals surface area (Å²) in [6, 6.07) is 5.66. The second-order valence-corrected chi connectivity index (χ2v) is 6.61. The van der Waals surface area contributed by atoms with Crippen LogP contribution in [0.5, 0.6) is 0 Å². The molecule has 1 aliphatic carbocycles. The van der Waals surface area contributed by atoms with Crippen molar-refractivity contribution in [3.63, 3.8) is 0 Å². The molecule has 2 aliphatic rings. The van der Waals surface area contributed by atoms with Crippen molar-refractivity contribution in [2.45, 2.75) is 0 Å². The van der Waals surface area contributed by atoms with Gasteiger partial charge in [-0.05, 0) is 18.2 Å². The highest BCUT2D eigenvalue weighted by molar-refractivity contribution is 8.46. The molecular weight excluding hydrogens is 273 g/mol. The summed E-state index contributed by atoms with van der Waals surface area (Å²) >= 11 is 8.17. The monoisotopic (exact) mass is 280 g/mol. The Hall–Kier alpha value is -1.10. The van der Waals surface area contributed by atoms with Crippen molar-refractivity contribution in [1.29, 1.82) is 0 Å². The van der Waals surface area contributed by atoms with Gasteiger partial charge in [0.25, 0.3) is 0 Å². The number of amides is 1. The predicted octanol–water partition coefficient (Wildman–Crippen LogP) is 2.97. The van der Waals surface area contributed by atoms with Crippen molar-refractivity contribution in [1.82, 2.24) is 10.2 Å². The highest BCUT2D eigenvalue weighted by Crippen LogP contribution is 2.66. The average molecular weight is 280 g/mol. The summed E-state index contributed by atoms with van der Waals surface area (Å²) in [6.45, 7) is -0.585. The van der Waals surface area contributed by atoms with E-state index >= 15 is 0 Å². The van der Waals surface area contributed by atoms with Crippen molar-refractivity contribution in [3.8, 4) is 21.8 Å². The first-order chi connectivity index (χ1) is 8.18. The first-order valence-corrected chi connectivity index (χ1v) is 7.73. The van der Waals surface area contributed by atoms with E-state index in [9.17, 15) is 4.79 Å². The van der Waals surface area contributed by atoms with E-state index in [-0.39, 0.29) is 0 Å². The van der Waals surface area contributed by atoms with Crippen LogP contribution in [0.2, 0.25) is 0 Å². The van der Waals surface area contributed by atoms with Crippen molar-refractivity contribution in [2.75, 3.05) is 0 Å². The molecule has 0 radical (unpaired) electrons. The van der Waals surface area contributed by atoms with Gasteiger partial charge in [-0.25, -0.2) is 0 Å². The molecule has 84 valence electrons. The number of aromatic amines is 1. The summed E-state index contributed by atoms with van der Waals surface area (Å²) in [7, 11) is 0. The Morgan fingerprint density at radius 1 is 1.35 bits per heavy atom. The molecule has 2 heterocycles. The molecule has 1 amide bonds. The van der Waals surface area contributed by atoms with Gasteiger partial charge in [-0.2, -0.15) is 10.1 Å². The second kappa shape index (κ2) is 3.98. The van der Waals surface area contributed by atoms with Gasteiger partial charge < -0.3 is 0 Å². The van der Waals surface area contributed by atoms with Crippen LogP contribution >= 0.6 is 31.6 Å². The predicted molar refractivity (Wildman–Crippen MR) is 74.5 cm³/mol. The third kappa shape index (κ3) is 1.82. The molecule has 1 atom stereocenters. The minimum atomic E-state index is -0.585. The van der Waals surface area contributed by atoms with Crippen LogP contribution in [0.3, 0.4) is 0 Å². The summed E-state index contributed by atoms with van der Waals surface area (Å²) < 4.78 is 0. The summed E-state index contributed by atoms with van der Waals surface area (Å²) in [5, 5.41) is 9.29. The van der Waals surface area contributed by atoms with Crippen LogP contribution in [-0.4, -0.2) is 15.4 Å². The Kier molecular flexibility index (Phi) is 2.58. The standard InChI is InChI=1S/C10H6N3OPS2/c14-10(16)12-7-2-1-5(6-3-4-11-13-6)8-9(7)15(8)17/h1-4H,(H2-,11,12,13,14,16,17)/p+1. The second-order valence-electron chi connectivity index (χ2n) is 3.51. The van der Waals surface area contributed by atoms with Crippen molar-refractivity contribution < 1.29 is 4.79 Å². The summed E-state index contributed by atoms with van der Waals surface area (Å²) in [5.41, 5.74) is 2.05. The van der Waals surface area contributed by atoms with Crippen molar-refractivity contribution in [2.24, 2.45) is 4.99 Å². The molecule has 1 N–H and O–H groups in total. The Bertz CT molecular complexity index is 697. The zero-order valence-electron chi connectivity index (χ0n) is 8.45. The lowest BCUT2D eigenvalue weighted by Gasteiger charge is -1.91. The van der Waals surface area contributed by atoms with Crippen LogP contribution in [0.15, 0.2) is 29.4 Å². The van der Waals surface area contributed by atoms with Gasteiger partial charge in [0.05, 0.1) is 23.5 Å². The largest absolute Gasteiger partial charge is 0.302 e. The van der Waals surface area contributed by atoms with Crippen molar-refractivity contribution in [3.05, 3.63) is 29.8 Å². The highest BCUT2D eigenvalue weighted by Gasteiger charge is 2.43. The topological polar surface area (TPSA) is 58.1 Å². The Morgan fingerprint density at radius 2 is 2.18 bits per heavy atom. The molecule has 1 unspecified atom stereocenters. The van der Waals surface area contributed by atoms with E-state index in [2.05, 4.69) is 40.1 Å². The molecule has 0 bridgehead atoms. The highest BCUT2D eigenvalue weighted by atomic mass is 32.7. The maximum absolute atomic E-state index is 10.9. The maximum Gasteiger partial charge on any atom is 0.302 e. The number of aromatic nitrogens is 2. The molecule has 17 heavy (non-hydrogen) atoms. The fourth-order valence-corrected chi connectivity index (χ4v) is 4.65. The molecule has 1 aromatic heterocycles. The molecule has 0 saturated carbocycles. The van der Waals surface area contributed by atoms with Gasteiger partial charge in [0, 0.05) is 6.20 Å². The molecule has 0 aromatic carbocycles. The maximum atomic E-state index is 10.9. The normalized spacial score (nSPS) is 13.8. The van der Waals surface area contributed by atoms with E-state index in [0.717, 1.165) is 16.6 Å². The fourth-order valence-electron chi connectivity index (χ4n) is 1.76. The summed E-state index contributed by atoms with van der Waals surface area (Å²) in [5.74, 6) is 0. The summed E-state index contributed by atoms with van der Waals surface area (Å²) in [4.78, 5) is 14.7. The van der Waals surface area contributed by atoms with Crippen molar-refractivity contribution >= 4 is 36.9 Å². The number of H-pyrrole nitrogens is 1. The van der Waals surface area contributed by atoms with E-state index in [1.807, 2.05) is 18.2 Å². The first kappa shape index (κ1) is 11.0. The van der Waals surface area contributed by atoms with Crippen LogP contribution in [0.25, 0.3) is 21.8 Å². The Morgan fingerprint density at radius 3 is 2.82 bits per heavy atom. The average Bonchev–Trinajstić information content (AvgIpc) is 2.78. The zero-order chi connectivity index (χ0) is 12.0. The number of benzene rings is 1. The van der Waals surface area contributed by atoms with Gasteiger partial charge in [0.1, 0.15) is 5.36 Å². The molecule has 3 rings (SSSR count). The minimum Gasteiger partial charge on any atom is -0.278 e. The number of rotatable bonds is 1. The molecule has 7 heteroatoms. The van der Waals surface area contributed by atoms with Crippen LogP contribution in [0.4, 0.5) is 4.79 Å². The van der Waals surface area contributed by atoms with Crippen LogP contribution in [0.1, 0.15) is 0 Å². The number of hydrogen-bond donors (Lipinski definition) is 3. The minimum absolute atomic E-state index is 0.481. The molecule has 4 nitrogen and oxygen atoms in total. The molecule has 1 aliphatic heterocycles. The first-order valence-electron chi connectivity index (χ1n) is 4.79. The van der Waals surface area contributed by atoms with Gasteiger partial charge >= 0.3 is 5.24 Å². The lowest BCUT2D eigenvalue weighted by Crippen LogP contribution is -2.01. The van der Waals surface area contributed by atoms with Gasteiger partial charge in [-0.1, -0.05) is 12.6 Å². The quantitative estimate of drug-likeness (QED) is 0.600. The van der Waals surface area contributed by atoms with E-state index in [0.29, 0.717) is 5.36 Å². The van der Waals surface area contributed by atoms with E-state index in [1.54, 1.807) is 6.20 Å². The number of carbonyl (C=O) groups excluding carboxylic acids is 1. The third-order valence-corrected chi connectivity index (χ3v) is 5.35. The molecular formula is C10H7N3OPS2+. The van der Waals surface area contributed by atoms with Gasteiger partial charge in [-0.15, -0.1) is 0 Å². The van der Waals surface area contributed by atoms with E-state index in [1.165, 1.54) is 5.30 Å². The number of fused-ring (bicyclic) bond motifs is 1. The lowest BCUT2D eigenvalue weighted by atomic mass is 10.1. The lowest BCUT2D eigenvalue weighted by molar-refractivity contribution is 0.267. The number of nitrogens with zero attached hydrogens (tertiary/aromatic N) is 2. The van der Waals surface area contributed by atoms with Crippen LogP contribution in [0, 0.1) is 0 Å². The molecule has 0 saturated heterocycles. The van der Waals surface area contributed by atoms with Gasteiger partial charge in [0.2, 0.25) is 17.3 Å². The summed E-state index contributed by atoms with van der Waals surface area (Å²) in [6.07, 6.45) is 1.71. The fraction of sp³-hybridized carbons (Fsp3) is 0. The van der Waals surface area contributed by atoms with E-state index < -0.39 is 12.0 Å². The molecule has 0 fully saturated rings. The molecule has 0 spiro atoms. The van der Waals surface area contributed by atoms with Crippen LogP contribution < -0.4 is 5.36 Å². The number of nitrogens with one attached hydrogen (secondary N) is 1. The molecule has 1 aromatic rings. The SMILES string of the molecule is O=C(S)N=c1ccc(-c2ccn[nH]2)c2[p+](S)c1-2. The third-order valence-electron chi connectivity index (χ3n) is 2.51. The Labute approximate surface area is 108 Å². The van der Waals surface area contributed by atoms with Gasteiger partial charge in [-0.3, -0.25) is 9.89 Å². The number of thiol groups is 2. The van der Waals surface area contributed by atoms with Gasteiger partial charge in [0.15, 0.2) is 0 Å². The Balaban J connectivity index is 2.20. The smallest absolute Gasteiger partial charge is 0.278 e. The number of carbonyl (C=O) groups is 1. The number of hydrogen-bond acceptors (Lipinski definition) is 3.